The largest absolute Gasteiger partial charge is 0.383 e. The first-order chi connectivity index (χ1) is 10.3. The molecule has 1 aliphatic carbocycles. The van der Waals surface area contributed by atoms with Crippen molar-refractivity contribution in [3.8, 4) is 5.69 Å². The third-order valence-corrected chi connectivity index (χ3v) is 4.54. The van der Waals surface area contributed by atoms with Gasteiger partial charge < -0.3 is 5.32 Å². The molecule has 4 heteroatoms. The van der Waals surface area contributed by atoms with Crippen LogP contribution in [0.2, 0.25) is 5.02 Å². The molecule has 0 unspecified atom stereocenters. The first kappa shape index (κ1) is 14.5. The minimum atomic E-state index is 0.756. The van der Waals surface area contributed by atoms with E-state index in [4.69, 9.17) is 11.6 Å². The minimum absolute atomic E-state index is 0.756. The number of hydrogen-bond acceptors (Lipinski definition) is 2. The summed E-state index contributed by atoms with van der Waals surface area (Å²) in [4.78, 5) is 0. The van der Waals surface area contributed by atoms with Crippen LogP contribution in [-0.4, -0.2) is 16.3 Å². The summed E-state index contributed by atoms with van der Waals surface area (Å²) in [6.45, 7) is 0.999. The van der Waals surface area contributed by atoms with E-state index in [1.807, 2.05) is 35.1 Å². The fourth-order valence-electron chi connectivity index (χ4n) is 3.15. The lowest BCUT2D eigenvalue weighted by Crippen LogP contribution is -2.13. The van der Waals surface area contributed by atoms with Crippen molar-refractivity contribution in [2.24, 2.45) is 5.92 Å². The van der Waals surface area contributed by atoms with Crippen molar-refractivity contribution >= 4 is 17.3 Å². The monoisotopic (exact) mass is 303 g/mol. The second kappa shape index (κ2) is 6.99. The minimum Gasteiger partial charge on any atom is -0.383 e. The van der Waals surface area contributed by atoms with E-state index in [2.05, 4.69) is 10.4 Å². The average molecular weight is 304 g/mol. The van der Waals surface area contributed by atoms with Crippen LogP contribution in [0.1, 0.15) is 38.5 Å². The number of anilines is 1. The maximum Gasteiger partial charge on any atom is 0.0877 e. The zero-order valence-electron chi connectivity index (χ0n) is 12.3. The molecule has 21 heavy (non-hydrogen) atoms. The van der Waals surface area contributed by atoms with Gasteiger partial charge in [-0.05, 0) is 36.6 Å². The van der Waals surface area contributed by atoms with Crippen LogP contribution in [-0.2, 0) is 0 Å². The highest BCUT2D eigenvalue weighted by Gasteiger charge is 2.13. The first-order valence-corrected chi connectivity index (χ1v) is 8.24. The van der Waals surface area contributed by atoms with Gasteiger partial charge in [0.1, 0.15) is 0 Å². The van der Waals surface area contributed by atoms with Crippen LogP contribution in [0, 0.1) is 5.92 Å². The third kappa shape index (κ3) is 3.79. The quantitative estimate of drug-likeness (QED) is 0.850. The van der Waals surface area contributed by atoms with E-state index in [1.165, 1.54) is 38.5 Å². The van der Waals surface area contributed by atoms with Crippen LogP contribution in [0.3, 0.4) is 0 Å². The number of aromatic nitrogens is 2. The van der Waals surface area contributed by atoms with E-state index in [1.54, 1.807) is 6.20 Å². The number of halogens is 1. The number of benzene rings is 1. The summed E-state index contributed by atoms with van der Waals surface area (Å²) in [5.41, 5.74) is 2.11. The second-order valence-electron chi connectivity index (χ2n) is 5.83. The Kier molecular flexibility index (Phi) is 4.81. The molecule has 0 spiro atoms. The summed E-state index contributed by atoms with van der Waals surface area (Å²) in [7, 11) is 0. The van der Waals surface area contributed by atoms with Crippen molar-refractivity contribution < 1.29 is 0 Å². The summed E-state index contributed by atoms with van der Waals surface area (Å²) < 4.78 is 1.87. The smallest absolute Gasteiger partial charge is 0.0877 e. The fourth-order valence-corrected chi connectivity index (χ4v) is 3.32. The molecule has 1 heterocycles. The molecule has 0 bridgehead atoms. The Hall–Kier alpha value is -1.48. The van der Waals surface area contributed by atoms with Gasteiger partial charge in [-0.25, -0.2) is 4.68 Å². The van der Waals surface area contributed by atoms with Gasteiger partial charge in [0.2, 0.25) is 0 Å². The first-order valence-electron chi connectivity index (χ1n) is 7.86. The molecule has 0 atom stereocenters. The van der Waals surface area contributed by atoms with E-state index in [0.717, 1.165) is 28.9 Å². The van der Waals surface area contributed by atoms with Crippen molar-refractivity contribution in [3.63, 3.8) is 0 Å². The fraction of sp³-hybridized carbons (Fsp3) is 0.471. The molecular formula is C17H22ClN3. The molecule has 112 valence electrons. The molecule has 1 saturated carbocycles. The lowest BCUT2D eigenvalue weighted by Gasteiger charge is -2.22. The summed E-state index contributed by atoms with van der Waals surface area (Å²) in [6.07, 6.45) is 12.0. The maximum atomic E-state index is 6.14. The predicted octanol–water partition coefficient (Wildman–Crippen LogP) is 4.91. The third-order valence-electron chi connectivity index (χ3n) is 4.30. The Morgan fingerprint density at radius 1 is 1.24 bits per heavy atom. The Bertz CT molecular complexity index is 559. The second-order valence-corrected chi connectivity index (χ2v) is 6.27. The van der Waals surface area contributed by atoms with E-state index in [-0.39, 0.29) is 0 Å². The highest BCUT2D eigenvalue weighted by molar-refractivity contribution is 6.31. The summed E-state index contributed by atoms with van der Waals surface area (Å²) in [6, 6.07) is 7.84. The van der Waals surface area contributed by atoms with E-state index >= 15 is 0 Å². The van der Waals surface area contributed by atoms with E-state index < -0.39 is 0 Å². The van der Waals surface area contributed by atoms with Gasteiger partial charge in [0.25, 0.3) is 0 Å². The van der Waals surface area contributed by atoms with Crippen molar-refractivity contribution in [2.45, 2.75) is 38.5 Å². The highest BCUT2D eigenvalue weighted by Crippen LogP contribution is 2.28. The van der Waals surface area contributed by atoms with Gasteiger partial charge in [0.15, 0.2) is 0 Å². The average Bonchev–Trinajstić information content (AvgIpc) is 3.03. The van der Waals surface area contributed by atoms with Crippen LogP contribution in [0.15, 0.2) is 36.7 Å². The molecule has 1 N–H and O–H groups in total. The van der Waals surface area contributed by atoms with Crippen molar-refractivity contribution in [2.75, 3.05) is 11.9 Å². The van der Waals surface area contributed by atoms with Gasteiger partial charge in [-0.1, -0.05) is 43.7 Å². The zero-order valence-corrected chi connectivity index (χ0v) is 13.0. The van der Waals surface area contributed by atoms with Crippen LogP contribution < -0.4 is 5.32 Å². The molecule has 1 aliphatic rings. The van der Waals surface area contributed by atoms with Crippen molar-refractivity contribution in [3.05, 3.63) is 41.7 Å². The number of hydrogen-bond donors (Lipinski definition) is 1. The molecule has 1 aromatic heterocycles. The summed E-state index contributed by atoms with van der Waals surface area (Å²) in [5.74, 6) is 0.888. The Balaban J connectivity index is 1.65. The van der Waals surface area contributed by atoms with Crippen molar-refractivity contribution in [1.82, 2.24) is 9.78 Å². The molecule has 2 aromatic rings. The number of nitrogens with zero attached hydrogens (tertiary/aromatic N) is 2. The summed E-state index contributed by atoms with van der Waals surface area (Å²) >= 11 is 6.14. The van der Waals surface area contributed by atoms with Gasteiger partial charge in [0, 0.05) is 24.0 Å². The molecule has 0 aliphatic heterocycles. The molecule has 3 rings (SSSR count). The molecular weight excluding hydrogens is 282 g/mol. The Labute approximate surface area is 131 Å². The van der Waals surface area contributed by atoms with Gasteiger partial charge in [-0.3, -0.25) is 0 Å². The van der Waals surface area contributed by atoms with Gasteiger partial charge >= 0.3 is 0 Å². The van der Waals surface area contributed by atoms with Crippen LogP contribution in [0.25, 0.3) is 5.69 Å². The molecule has 3 nitrogen and oxygen atoms in total. The van der Waals surface area contributed by atoms with E-state index in [9.17, 15) is 0 Å². The van der Waals surface area contributed by atoms with Crippen LogP contribution in [0.4, 0.5) is 5.69 Å². The topological polar surface area (TPSA) is 29.9 Å². The molecule has 0 amide bonds. The lowest BCUT2D eigenvalue weighted by atomic mass is 9.87. The Morgan fingerprint density at radius 3 is 2.86 bits per heavy atom. The number of nitrogens with one attached hydrogen (secondary N) is 1. The molecule has 1 aromatic carbocycles. The molecule has 1 fully saturated rings. The standard InChI is InChI=1S/C17H22ClN3/c18-15-7-8-17(21-12-4-10-20-21)16(13-15)19-11-9-14-5-2-1-3-6-14/h4,7-8,10,12-14,19H,1-3,5-6,9,11H2. The van der Waals surface area contributed by atoms with Crippen molar-refractivity contribution in [1.29, 1.82) is 0 Å². The highest BCUT2D eigenvalue weighted by atomic mass is 35.5. The van der Waals surface area contributed by atoms with Gasteiger partial charge in [-0.2, -0.15) is 5.10 Å². The maximum absolute atomic E-state index is 6.14. The SMILES string of the molecule is Clc1ccc(-n2cccn2)c(NCCC2CCCCC2)c1. The zero-order chi connectivity index (χ0) is 14.5. The number of rotatable bonds is 5. The van der Waals surface area contributed by atoms with Crippen LogP contribution >= 0.6 is 11.6 Å². The molecule has 0 saturated heterocycles. The molecule has 0 radical (unpaired) electrons. The Morgan fingerprint density at radius 2 is 2.10 bits per heavy atom. The lowest BCUT2D eigenvalue weighted by molar-refractivity contribution is 0.345. The predicted molar refractivity (Wildman–Crippen MR) is 88.3 cm³/mol. The normalized spacial score (nSPS) is 16.0. The van der Waals surface area contributed by atoms with E-state index in [0.29, 0.717) is 0 Å². The van der Waals surface area contributed by atoms with Gasteiger partial charge in [0.05, 0.1) is 11.4 Å². The van der Waals surface area contributed by atoms with Crippen LogP contribution in [0.5, 0.6) is 0 Å². The summed E-state index contributed by atoms with van der Waals surface area (Å²) in [5, 5.41) is 8.61. The van der Waals surface area contributed by atoms with Gasteiger partial charge in [-0.15, -0.1) is 0 Å².